The van der Waals surface area contributed by atoms with Crippen LogP contribution in [0.5, 0.6) is 0 Å². The summed E-state index contributed by atoms with van der Waals surface area (Å²) in [5, 5.41) is 2.94. The standard InChI is InChI=1S/C18H17BrN2O2/c1-12-2-8-16(9-3-12)21-11-15(10-17(21)22)20-18(23)13-4-6-14(19)7-5-13/h2-9,15H,10-11H2,1H3,(H,20,23)/t15-/m0/s1. The predicted molar refractivity (Wildman–Crippen MR) is 93.5 cm³/mol. The van der Waals surface area contributed by atoms with Crippen molar-refractivity contribution in [3.8, 4) is 0 Å². The van der Waals surface area contributed by atoms with Crippen LogP contribution >= 0.6 is 15.9 Å². The topological polar surface area (TPSA) is 49.4 Å². The normalized spacial score (nSPS) is 17.4. The molecule has 0 bridgehead atoms. The lowest BCUT2D eigenvalue weighted by atomic mass is 10.2. The number of hydrogen-bond acceptors (Lipinski definition) is 2. The average Bonchev–Trinajstić information content (AvgIpc) is 2.89. The van der Waals surface area contributed by atoms with Gasteiger partial charge in [0.15, 0.2) is 0 Å². The maximum Gasteiger partial charge on any atom is 0.251 e. The van der Waals surface area contributed by atoms with Gasteiger partial charge in [-0.05, 0) is 43.3 Å². The Hall–Kier alpha value is -2.14. The number of carbonyl (C=O) groups excluding carboxylic acids is 2. The maximum atomic E-state index is 12.3. The summed E-state index contributed by atoms with van der Waals surface area (Å²) in [6.45, 7) is 2.51. The highest BCUT2D eigenvalue weighted by atomic mass is 79.9. The van der Waals surface area contributed by atoms with Crippen LogP contribution in [0.15, 0.2) is 53.0 Å². The molecule has 1 fully saturated rings. The number of amides is 2. The zero-order valence-corrected chi connectivity index (χ0v) is 14.3. The fourth-order valence-electron chi connectivity index (χ4n) is 2.65. The second-order valence-electron chi connectivity index (χ2n) is 5.72. The van der Waals surface area contributed by atoms with Crippen molar-refractivity contribution in [2.75, 3.05) is 11.4 Å². The number of benzene rings is 2. The highest BCUT2D eigenvalue weighted by Crippen LogP contribution is 2.22. The fraction of sp³-hybridized carbons (Fsp3) is 0.222. The molecular formula is C18H17BrN2O2. The van der Waals surface area contributed by atoms with E-state index in [1.165, 1.54) is 0 Å². The molecule has 0 unspecified atom stereocenters. The molecule has 0 spiro atoms. The molecule has 2 amide bonds. The van der Waals surface area contributed by atoms with Crippen molar-refractivity contribution in [1.82, 2.24) is 5.32 Å². The third-order valence-electron chi connectivity index (χ3n) is 3.91. The molecule has 5 heteroatoms. The van der Waals surface area contributed by atoms with Crippen molar-refractivity contribution >= 4 is 33.4 Å². The van der Waals surface area contributed by atoms with Crippen LogP contribution < -0.4 is 10.2 Å². The Morgan fingerprint density at radius 1 is 1.13 bits per heavy atom. The van der Waals surface area contributed by atoms with Crippen LogP contribution in [0.2, 0.25) is 0 Å². The minimum Gasteiger partial charge on any atom is -0.347 e. The van der Waals surface area contributed by atoms with Crippen LogP contribution in [0.25, 0.3) is 0 Å². The molecule has 0 radical (unpaired) electrons. The third-order valence-corrected chi connectivity index (χ3v) is 4.44. The van der Waals surface area contributed by atoms with Gasteiger partial charge in [-0.1, -0.05) is 33.6 Å². The first kappa shape index (κ1) is 15.7. The molecule has 1 heterocycles. The summed E-state index contributed by atoms with van der Waals surface area (Å²) < 4.78 is 0.927. The Bertz CT molecular complexity index is 726. The molecule has 1 atom stereocenters. The van der Waals surface area contributed by atoms with Crippen molar-refractivity contribution in [3.63, 3.8) is 0 Å². The van der Waals surface area contributed by atoms with E-state index in [1.807, 2.05) is 43.3 Å². The van der Waals surface area contributed by atoms with Gasteiger partial charge in [0.05, 0.1) is 6.04 Å². The molecular weight excluding hydrogens is 356 g/mol. The van der Waals surface area contributed by atoms with Gasteiger partial charge in [-0.3, -0.25) is 9.59 Å². The molecule has 1 N–H and O–H groups in total. The minimum atomic E-state index is -0.167. The fourth-order valence-corrected chi connectivity index (χ4v) is 2.91. The first-order chi connectivity index (χ1) is 11.0. The van der Waals surface area contributed by atoms with E-state index in [4.69, 9.17) is 0 Å². The van der Waals surface area contributed by atoms with Gasteiger partial charge < -0.3 is 10.2 Å². The van der Waals surface area contributed by atoms with E-state index >= 15 is 0 Å². The summed E-state index contributed by atoms with van der Waals surface area (Å²) in [5.74, 6) is -0.115. The maximum absolute atomic E-state index is 12.3. The molecule has 0 saturated carbocycles. The van der Waals surface area contributed by atoms with Crippen LogP contribution in [0.4, 0.5) is 5.69 Å². The highest BCUT2D eigenvalue weighted by molar-refractivity contribution is 9.10. The molecule has 2 aromatic carbocycles. The van der Waals surface area contributed by atoms with Crippen molar-refractivity contribution in [1.29, 1.82) is 0 Å². The van der Waals surface area contributed by atoms with Crippen LogP contribution in [-0.2, 0) is 4.79 Å². The van der Waals surface area contributed by atoms with Gasteiger partial charge in [0, 0.05) is 28.7 Å². The Kier molecular flexibility index (Phi) is 4.48. The number of anilines is 1. The highest BCUT2D eigenvalue weighted by Gasteiger charge is 2.31. The summed E-state index contributed by atoms with van der Waals surface area (Å²) in [6.07, 6.45) is 0.330. The number of nitrogens with zero attached hydrogens (tertiary/aromatic N) is 1. The molecule has 1 aliphatic rings. The van der Waals surface area contributed by atoms with E-state index < -0.39 is 0 Å². The second kappa shape index (κ2) is 6.54. The van der Waals surface area contributed by atoms with E-state index in [2.05, 4.69) is 21.2 Å². The second-order valence-corrected chi connectivity index (χ2v) is 6.64. The molecule has 3 rings (SSSR count). The van der Waals surface area contributed by atoms with Crippen molar-refractivity contribution in [2.24, 2.45) is 0 Å². The molecule has 4 nitrogen and oxygen atoms in total. The molecule has 0 aliphatic carbocycles. The van der Waals surface area contributed by atoms with E-state index in [0.717, 1.165) is 15.7 Å². The van der Waals surface area contributed by atoms with E-state index in [9.17, 15) is 9.59 Å². The van der Waals surface area contributed by atoms with Crippen molar-refractivity contribution in [3.05, 3.63) is 64.1 Å². The Morgan fingerprint density at radius 2 is 1.78 bits per heavy atom. The van der Waals surface area contributed by atoms with E-state index in [-0.39, 0.29) is 17.9 Å². The lowest BCUT2D eigenvalue weighted by molar-refractivity contribution is -0.117. The smallest absolute Gasteiger partial charge is 0.251 e. The minimum absolute atomic E-state index is 0.0370. The summed E-state index contributed by atoms with van der Waals surface area (Å²) in [6, 6.07) is 14.8. The van der Waals surface area contributed by atoms with Gasteiger partial charge in [0.2, 0.25) is 5.91 Å². The van der Waals surface area contributed by atoms with Gasteiger partial charge in [-0.15, -0.1) is 0 Å². The molecule has 1 aliphatic heterocycles. The van der Waals surface area contributed by atoms with Crippen LogP contribution in [0, 0.1) is 6.92 Å². The number of aryl methyl sites for hydroxylation is 1. The largest absolute Gasteiger partial charge is 0.347 e. The summed E-state index contributed by atoms with van der Waals surface area (Å²) in [5.41, 5.74) is 2.62. The Balaban J connectivity index is 1.66. The summed E-state index contributed by atoms with van der Waals surface area (Å²) in [4.78, 5) is 26.2. The van der Waals surface area contributed by atoms with E-state index in [1.54, 1.807) is 17.0 Å². The SMILES string of the molecule is Cc1ccc(N2C[C@@H](NC(=O)c3ccc(Br)cc3)CC2=O)cc1. The molecule has 118 valence electrons. The number of rotatable bonds is 3. The van der Waals surface area contributed by atoms with Crippen LogP contribution in [0.1, 0.15) is 22.3 Å². The number of hydrogen-bond donors (Lipinski definition) is 1. The number of halogens is 1. The van der Waals surface area contributed by atoms with Gasteiger partial charge in [0.1, 0.15) is 0 Å². The predicted octanol–water partition coefficient (Wildman–Crippen LogP) is 3.29. The first-order valence-corrected chi connectivity index (χ1v) is 8.26. The zero-order valence-electron chi connectivity index (χ0n) is 12.8. The van der Waals surface area contributed by atoms with E-state index in [0.29, 0.717) is 18.5 Å². The number of carbonyl (C=O) groups is 2. The molecule has 1 saturated heterocycles. The zero-order chi connectivity index (χ0) is 16.4. The summed E-state index contributed by atoms with van der Waals surface area (Å²) >= 11 is 3.35. The molecule has 23 heavy (non-hydrogen) atoms. The van der Waals surface area contributed by atoms with Crippen molar-refractivity contribution in [2.45, 2.75) is 19.4 Å². The van der Waals surface area contributed by atoms with Gasteiger partial charge >= 0.3 is 0 Å². The lowest BCUT2D eigenvalue weighted by Crippen LogP contribution is -2.37. The average molecular weight is 373 g/mol. The van der Waals surface area contributed by atoms with Crippen LogP contribution in [-0.4, -0.2) is 24.4 Å². The first-order valence-electron chi connectivity index (χ1n) is 7.46. The molecule has 0 aromatic heterocycles. The van der Waals surface area contributed by atoms with Gasteiger partial charge in [-0.25, -0.2) is 0 Å². The van der Waals surface area contributed by atoms with Crippen LogP contribution in [0.3, 0.4) is 0 Å². The van der Waals surface area contributed by atoms with Crippen molar-refractivity contribution < 1.29 is 9.59 Å². The monoisotopic (exact) mass is 372 g/mol. The third kappa shape index (κ3) is 3.62. The molecule has 2 aromatic rings. The Labute approximate surface area is 143 Å². The van der Waals surface area contributed by atoms with Gasteiger partial charge in [0.25, 0.3) is 5.91 Å². The lowest BCUT2D eigenvalue weighted by Gasteiger charge is -2.17. The quantitative estimate of drug-likeness (QED) is 0.898. The number of nitrogens with one attached hydrogen (secondary N) is 1. The Morgan fingerprint density at radius 3 is 2.43 bits per heavy atom. The van der Waals surface area contributed by atoms with Gasteiger partial charge in [-0.2, -0.15) is 0 Å². The summed E-state index contributed by atoms with van der Waals surface area (Å²) in [7, 11) is 0.